The molecule has 90 valence electrons. The molecule has 1 aromatic carbocycles. The van der Waals surface area contributed by atoms with Crippen LogP contribution >= 0.6 is 0 Å². The maximum absolute atomic E-state index is 13.6. The second-order valence-electron chi connectivity index (χ2n) is 3.38. The van der Waals surface area contributed by atoms with E-state index in [-0.39, 0.29) is 25.5 Å². The normalized spacial score (nSPS) is 10.8. The fourth-order valence-electron chi connectivity index (χ4n) is 1.29. The number of benzene rings is 1. The maximum atomic E-state index is 13.6. The van der Waals surface area contributed by atoms with Gasteiger partial charge in [-0.25, -0.2) is 4.39 Å². The van der Waals surface area contributed by atoms with Gasteiger partial charge in [-0.2, -0.15) is 0 Å². The van der Waals surface area contributed by atoms with Gasteiger partial charge in [-0.3, -0.25) is 0 Å². The molecule has 0 spiro atoms. The van der Waals surface area contributed by atoms with E-state index in [1.807, 2.05) is 0 Å². The van der Waals surface area contributed by atoms with E-state index in [4.69, 9.17) is 14.9 Å². The molecular weight excluding hydrogens is 213 g/mol. The zero-order valence-electron chi connectivity index (χ0n) is 9.11. The van der Waals surface area contributed by atoms with E-state index in [2.05, 4.69) is 5.32 Å². The van der Waals surface area contributed by atoms with Crippen molar-refractivity contribution >= 4 is 0 Å². The quantitative estimate of drug-likeness (QED) is 0.655. The number of halogens is 1. The number of nitrogens with one attached hydrogen (secondary N) is 1. The average molecular weight is 229 g/mol. The van der Waals surface area contributed by atoms with Crippen molar-refractivity contribution < 1.29 is 19.3 Å². The molecule has 0 atom stereocenters. The van der Waals surface area contributed by atoms with E-state index in [9.17, 15) is 4.39 Å². The summed E-state index contributed by atoms with van der Waals surface area (Å²) in [5.41, 5.74) is 0.436. The van der Waals surface area contributed by atoms with Gasteiger partial charge < -0.3 is 20.3 Å². The maximum Gasteiger partial charge on any atom is 0.169 e. The van der Waals surface area contributed by atoms with Crippen LogP contribution in [0.5, 0.6) is 5.75 Å². The van der Waals surface area contributed by atoms with Gasteiger partial charge in [0.25, 0.3) is 0 Å². The summed E-state index contributed by atoms with van der Waals surface area (Å²) in [5.74, 6) is -0.240. The molecule has 0 aromatic heterocycles. The van der Waals surface area contributed by atoms with Crippen LogP contribution in [-0.2, 0) is 6.54 Å². The van der Waals surface area contributed by atoms with E-state index < -0.39 is 11.9 Å². The van der Waals surface area contributed by atoms with Crippen molar-refractivity contribution in [1.82, 2.24) is 5.32 Å². The standard InChI is InChI=1S/C11H16FNO3/c1-16-10-4-2-3-8(11(10)12)5-13-9(6-14)7-15/h2-4,9,13-15H,5-7H2,1H3. The summed E-state index contributed by atoms with van der Waals surface area (Å²) in [6.07, 6.45) is 0. The first-order valence-corrected chi connectivity index (χ1v) is 4.99. The predicted octanol–water partition coefficient (Wildman–Crippen LogP) is 0.277. The van der Waals surface area contributed by atoms with E-state index in [1.165, 1.54) is 13.2 Å². The molecule has 0 radical (unpaired) electrons. The minimum absolute atomic E-state index is 0.184. The molecule has 3 N–H and O–H groups in total. The van der Waals surface area contributed by atoms with E-state index in [0.29, 0.717) is 5.56 Å². The second kappa shape index (κ2) is 6.42. The summed E-state index contributed by atoms with van der Waals surface area (Å²) < 4.78 is 18.5. The zero-order chi connectivity index (χ0) is 12.0. The van der Waals surface area contributed by atoms with Crippen LogP contribution in [0.2, 0.25) is 0 Å². The zero-order valence-corrected chi connectivity index (χ0v) is 9.11. The summed E-state index contributed by atoms with van der Waals surface area (Å²) in [7, 11) is 1.40. The van der Waals surface area contributed by atoms with Gasteiger partial charge in [-0.1, -0.05) is 12.1 Å². The van der Waals surface area contributed by atoms with Crippen LogP contribution in [0, 0.1) is 5.82 Å². The van der Waals surface area contributed by atoms with Gasteiger partial charge in [0.2, 0.25) is 0 Å². The molecule has 0 saturated carbocycles. The van der Waals surface area contributed by atoms with Crippen LogP contribution in [0.15, 0.2) is 18.2 Å². The number of rotatable bonds is 6. The van der Waals surface area contributed by atoms with Gasteiger partial charge in [-0.05, 0) is 6.07 Å². The van der Waals surface area contributed by atoms with Gasteiger partial charge in [0.1, 0.15) is 0 Å². The van der Waals surface area contributed by atoms with Crippen molar-refractivity contribution in [1.29, 1.82) is 0 Å². The first kappa shape index (κ1) is 12.9. The Morgan fingerprint density at radius 1 is 1.38 bits per heavy atom. The number of hydrogen-bond donors (Lipinski definition) is 3. The lowest BCUT2D eigenvalue weighted by Crippen LogP contribution is -2.35. The molecule has 0 aliphatic heterocycles. The third-order valence-electron chi connectivity index (χ3n) is 2.29. The highest BCUT2D eigenvalue weighted by Gasteiger charge is 2.10. The van der Waals surface area contributed by atoms with Crippen molar-refractivity contribution in [3.05, 3.63) is 29.6 Å². The van der Waals surface area contributed by atoms with Crippen molar-refractivity contribution in [3.8, 4) is 5.75 Å². The van der Waals surface area contributed by atoms with Crippen LogP contribution in [0.1, 0.15) is 5.56 Å². The highest BCUT2D eigenvalue weighted by Crippen LogP contribution is 2.19. The van der Waals surface area contributed by atoms with E-state index in [0.717, 1.165) is 0 Å². The smallest absolute Gasteiger partial charge is 0.169 e. The van der Waals surface area contributed by atoms with Crippen LogP contribution in [0.3, 0.4) is 0 Å². The lowest BCUT2D eigenvalue weighted by Gasteiger charge is -2.14. The van der Waals surface area contributed by atoms with Crippen LogP contribution in [-0.4, -0.2) is 36.6 Å². The summed E-state index contributed by atoms with van der Waals surface area (Å²) in [6.45, 7) is -0.154. The molecule has 0 heterocycles. The molecule has 0 unspecified atom stereocenters. The van der Waals surface area contributed by atoms with Crippen LogP contribution < -0.4 is 10.1 Å². The molecule has 0 fully saturated rings. The molecular formula is C11H16FNO3. The monoisotopic (exact) mass is 229 g/mol. The Labute approximate surface area is 93.7 Å². The molecule has 1 rings (SSSR count). The van der Waals surface area contributed by atoms with Gasteiger partial charge in [0, 0.05) is 12.1 Å². The molecule has 16 heavy (non-hydrogen) atoms. The third kappa shape index (κ3) is 3.16. The van der Waals surface area contributed by atoms with E-state index in [1.54, 1.807) is 12.1 Å². The highest BCUT2D eigenvalue weighted by atomic mass is 19.1. The molecule has 0 bridgehead atoms. The van der Waals surface area contributed by atoms with Crippen molar-refractivity contribution in [2.75, 3.05) is 20.3 Å². The Balaban J connectivity index is 2.66. The van der Waals surface area contributed by atoms with Gasteiger partial charge in [-0.15, -0.1) is 0 Å². The Morgan fingerprint density at radius 2 is 2.06 bits per heavy atom. The summed E-state index contributed by atoms with van der Waals surface area (Å²) in [6, 6.07) is 4.40. The fraction of sp³-hybridized carbons (Fsp3) is 0.455. The molecule has 1 aromatic rings. The fourth-order valence-corrected chi connectivity index (χ4v) is 1.29. The molecule has 5 heteroatoms. The third-order valence-corrected chi connectivity index (χ3v) is 2.29. The topological polar surface area (TPSA) is 61.7 Å². The van der Waals surface area contributed by atoms with Gasteiger partial charge in [0.05, 0.1) is 26.4 Å². The molecule has 4 nitrogen and oxygen atoms in total. The summed E-state index contributed by atoms with van der Waals surface area (Å²) in [5, 5.41) is 20.5. The van der Waals surface area contributed by atoms with Crippen LogP contribution in [0.4, 0.5) is 4.39 Å². The summed E-state index contributed by atoms with van der Waals surface area (Å²) >= 11 is 0. The van der Waals surface area contributed by atoms with Crippen LogP contribution in [0.25, 0.3) is 0 Å². The molecule has 0 amide bonds. The largest absolute Gasteiger partial charge is 0.494 e. The summed E-state index contributed by atoms with van der Waals surface area (Å²) in [4.78, 5) is 0. The number of aliphatic hydroxyl groups excluding tert-OH is 2. The Bertz CT molecular complexity index is 329. The minimum Gasteiger partial charge on any atom is -0.494 e. The predicted molar refractivity (Wildman–Crippen MR) is 57.8 cm³/mol. The van der Waals surface area contributed by atoms with Crippen molar-refractivity contribution in [3.63, 3.8) is 0 Å². The van der Waals surface area contributed by atoms with Crippen molar-refractivity contribution in [2.45, 2.75) is 12.6 Å². The first-order chi connectivity index (χ1) is 7.72. The van der Waals surface area contributed by atoms with Gasteiger partial charge in [0.15, 0.2) is 11.6 Å². The number of hydrogen-bond acceptors (Lipinski definition) is 4. The minimum atomic E-state index is -0.439. The molecule has 0 aliphatic rings. The Morgan fingerprint density at radius 3 is 2.62 bits per heavy atom. The first-order valence-electron chi connectivity index (χ1n) is 4.99. The highest BCUT2D eigenvalue weighted by molar-refractivity contribution is 5.30. The molecule has 0 saturated heterocycles. The lowest BCUT2D eigenvalue weighted by atomic mass is 10.2. The number of ether oxygens (including phenoxy) is 1. The SMILES string of the molecule is COc1cccc(CNC(CO)CO)c1F. The lowest BCUT2D eigenvalue weighted by molar-refractivity contribution is 0.170. The van der Waals surface area contributed by atoms with Crippen molar-refractivity contribution in [2.24, 2.45) is 0 Å². The number of methoxy groups -OCH3 is 1. The number of aliphatic hydroxyl groups is 2. The second-order valence-corrected chi connectivity index (χ2v) is 3.38. The van der Waals surface area contributed by atoms with Gasteiger partial charge >= 0.3 is 0 Å². The Hall–Kier alpha value is -1.17. The average Bonchev–Trinajstić information content (AvgIpc) is 2.32. The molecule has 0 aliphatic carbocycles. The Kier molecular flexibility index (Phi) is 5.18. The van der Waals surface area contributed by atoms with E-state index >= 15 is 0 Å².